The van der Waals surface area contributed by atoms with Gasteiger partial charge in [-0.05, 0) is 30.9 Å². The van der Waals surface area contributed by atoms with Gasteiger partial charge in [0.15, 0.2) is 12.1 Å². The number of carbonyl (C=O) groups is 2. The van der Waals surface area contributed by atoms with Crippen LogP contribution in [0.1, 0.15) is 69.9 Å². The topological polar surface area (TPSA) is 54.4 Å². The third-order valence-corrected chi connectivity index (χ3v) is 5.34. The minimum atomic E-state index is -0.0982. The van der Waals surface area contributed by atoms with Gasteiger partial charge < -0.3 is 5.11 Å². The van der Waals surface area contributed by atoms with Gasteiger partial charge in [-0.1, -0.05) is 86.0 Å². The number of hydrogen-bond donors (Lipinski definition) is 1. The second-order valence-electron chi connectivity index (χ2n) is 7.27. The van der Waals surface area contributed by atoms with E-state index in [1.165, 1.54) is 12.5 Å². The predicted octanol–water partition coefficient (Wildman–Crippen LogP) is 6.17. The first-order chi connectivity index (χ1) is 14.2. The summed E-state index contributed by atoms with van der Waals surface area (Å²) in [5.74, 6) is 0.0268. The van der Waals surface area contributed by atoms with Crippen LogP contribution in [0, 0.1) is 0 Å². The van der Waals surface area contributed by atoms with Crippen molar-refractivity contribution in [1.29, 1.82) is 0 Å². The van der Waals surface area contributed by atoms with Crippen LogP contribution in [-0.2, 0) is 0 Å². The maximum atomic E-state index is 12.9. The second-order valence-corrected chi connectivity index (χ2v) is 7.27. The van der Waals surface area contributed by atoms with E-state index < -0.39 is 0 Å². The smallest absolute Gasteiger partial charge is 0.193 e. The summed E-state index contributed by atoms with van der Waals surface area (Å²) in [6.07, 6.45) is 5.92. The van der Waals surface area contributed by atoms with Gasteiger partial charge in [0.1, 0.15) is 5.75 Å². The summed E-state index contributed by atoms with van der Waals surface area (Å²) in [4.78, 5) is 24.0. The molecular formula is C26H26O3. The first-order valence-electron chi connectivity index (χ1n) is 10.1. The Hall–Kier alpha value is -3.20. The van der Waals surface area contributed by atoms with Crippen molar-refractivity contribution in [1.82, 2.24) is 0 Å². The van der Waals surface area contributed by atoms with E-state index in [4.69, 9.17) is 0 Å². The molecule has 29 heavy (non-hydrogen) atoms. The quantitative estimate of drug-likeness (QED) is 0.431. The summed E-state index contributed by atoms with van der Waals surface area (Å²) in [6.45, 7) is 0. The fraction of sp³-hybridized carbons (Fsp3) is 0.231. The van der Waals surface area contributed by atoms with Gasteiger partial charge in [-0.25, -0.2) is 0 Å². The van der Waals surface area contributed by atoms with Gasteiger partial charge in [-0.2, -0.15) is 0 Å². The Bertz CT molecular complexity index is 900. The Morgan fingerprint density at radius 1 is 0.793 bits per heavy atom. The zero-order valence-electron chi connectivity index (χ0n) is 16.5. The van der Waals surface area contributed by atoms with Gasteiger partial charge in [0.05, 0.1) is 5.56 Å². The fourth-order valence-corrected chi connectivity index (χ4v) is 3.85. The Morgan fingerprint density at radius 3 is 1.90 bits per heavy atom. The van der Waals surface area contributed by atoms with Crippen molar-refractivity contribution in [2.24, 2.45) is 0 Å². The Balaban J connectivity index is 0.000000343. The molecule has 0 bridgehead atoms. The number of rotatable bonds is 4. The van der Waals surface area contributed by atoms with Crippen molar-refractivity contribution in [3.05, 3.63) is 101 Å². The highest BCUT2D eigenvalue weighted by molar-refractivity contribution is 6.10. The van der Waals surface area contributed by atoms with E-state index in [-0.39, 0.29) is 23.0 Å². The van der Waals surface area contributed by atoms with Crippen molar-refractivity contribution < 1.29 is 14.7 Å². The SMILES string of the molecule is O=Cc1ccc(C(=O)c2ccccc2)c(C2CCCCC2)c1O.c1ccccc1. The van der Waals surface area contributed by atoms with Crippen molar-refractivity contribution >= 4 is 12.1 Å². The van der Waals surface area contributed by atoms with Crippen LogP contribution in [-0.4, -0.2) is 17.2 Å². The molecule has 1 aliphatic rings. The van der Waals surface area contributed by atoms with Crippen LogP contribution in [0.25, 0.3) is 0 Å². The summed E-state index contributed by atoms with van der Waals surface area (Å²) >= 11 is 0. The first-order valence-corrected chi connectivity index (χ1v) is 10.1. The number of aromatic hydroxyl groups is 1. The van der Waals surface area contributed by atoms with Crippen LogP contribution in [0.4, 0.5) is 0 Å². The third-order valence-electron chi connectivity index (χ3n) is 5.34. The van der Waals surface area contributed by atoms with Crippen molar-refractivity contribution in [3.63, 3.8) is 0 Å². The molecule has 1 fully saturated rings. The maximum absolute atomic E-state index is 12.9. The molecule has 4 rings (SSSR count). The highest BCUT2D eigenvalue weighted by atomic mass is 16.3. The Morgan fingerprint density at radius 2 is 1.34 bits per heavy atom. The monoisotopic (exact) mass is 386 g/mol. The van der Waals surface area contributed by atoms with E-state index >= 15 is 0 Å². The van der Waals surface area contributed by atoms with Crippen molar-refractivity contribution in [2.75, 3.05) is 0 Å². The Labute approximate surface area is 172 Å². The standard InChI is InChI=1S/C20H20O3.C6H6/c21-13-16-11-12-17(19(22)15-9-5-2-6-10-15)18(20(16)23)14-7-3-1-4-8-14;1-2-4-6-5-3-1/h2,5-6,9-14,23H,1,3-4,7-8H2;1-6H. The number of hydrogen-bond acceptors (Lipinski definition) is 3. The van der Waals surface area contributed by atoms with Crippen molar-refractivity contribution in [3.8, 4) is 5.75 Å². The van der Waals surface area contributed by atoms with E-state index in [0.29, 0.717) is 23.0 Å². The van der Waals surface area contributed by atoms with Gasteiger partial charge >= 0.3 is 0 Å². The van der Waals surface area contributed by atoms with Crippen molar-refractivity contribution in [2.45, 2.75) is 38.0 Å². The highest BCUT2D eigenvalue weighted by Crippen LogP contribution is 2.41. The highest BCUT2D eigenvalue weighted by Gasteiger charge is 2.26. The maximum Gasteiger partial charge on any atom is 0.193 e. The predicted molar refractivity (Wildman–Crippen MR) is 116 cm³/mol. The van der Waals surface area contributed by atoms with Gasteiger partial charge in [0, 0.05) is 16.7 Å². The molecule has 1 N–H and O–H groups in total. The van der Waals surface area contributed by atoms with Crippen LogP contribution in [0.15, 0.2) is 78.9 Å². The molecule has 0 aromatic heterocycles. The van der Waals surface area contributed by atoms with E-state index in [1.807, 2.05) is 54.6 Å². The largest absolute Gasteiger partial charge is 0.507 e. The zero-order valence-corrected chi connectivity index (χ0v) is 16.5. The molecule has 0 spiro atoms. The molecule has 0 heterocycles. The average molecular weight is 386 g/mol. The summed E-state index contributed by atoms with van der Waals surface area (Å²) < 4.78 is 0. The first kappa shape index (κ1) is 20.5. The molecule has 3 heteroatoms. The molecule has 3 aromatic carbocycles. The molecule has 0 saturated heterocycles. The molecular weight excluding hydrogens is 360 g/mol. The van der Waals surface area contributed by atoms with E-state index in [2.05, 4.69) is 0 Å². The van der Waals surface area contributed by atoms with Gasteiger partial charge in [-0.15, -0.1) is 0 Å². The molecule has 0 atom stereocenters. The normalized spacial score (nSPS) is 13.8. The molecule has 1 saturated carbocycles. The number of benzene rings is 3. The average Bonchev–Trinajstić information content (AvgIpc) is 2.81. The molecule has 1 aliphatic carbocycles. The van der Waals surface area contributed by atoms with E-state index in [0.717, 1.165) is 25.7 Å². The molecule has 0 amide bonds. The minimum absolute atomic E-state index is 0.0197. The lowest BCUT2D eigenvalue weighted by molar-refractivity contribution is 0.103. The number of phenols is 1. The number of aldehydes is 1. The lowest BCUT2D eigenvalue weighted by Crippen LogP contribution is -2.13. The van der Waals surface area contributed by atoms with Crippen LogP contribution in [0.3, 0.4) is 0 Å². The van der Waals surface area contributed by atoms with Crippen LogP contribution in [0.5, 0.6) is 5.75 Å². The second kappa shape index (κ2) is 10.4. The summed E-state index contributed by atoms with van der Waals surface area (Å²) in [5, 5.41) is 10.5. The van der Waals surface area contributed by atoms with Crippen LogP contribution >= 0.6 is 0 Å². The molecule has 148 valence electrons. The number of phenolic OH excluding ortho intramolecular Hbond substituents is 1. The van der Waals surface area contributed by atoms with Gasteiger partial charge in [0.25, 0.3) is 0 Å². The fourth-order valence-electron chi connectivity index (χ4n) is 3.85. The van der Waals surface area contributed by atoms with Gasteiger partial charge in [-0.3, -0.25) is 9.59 Å². The third kappa shape index (κ3) is 5.20. The molecule has 0 radical (unpaired) electrons. The summed E-state index contributed by atoms with van der Waals surface area (Å²) in [5.41, 5.74) is 2.03. The lowest BCUT2D eigenvalue weighted by atomic mass is 9.79. The number of carbonyl (C=O) groups excluding carboxylic acids is 2. The molecule has 3 nitrogen and oxygen atoms in total. The Kier molecular flexibility index (Phi) is 7.34. The molecule has 3 aromatic rings. The summed E-state index contributed by atoms with van der Waals surface area (Å²) in [6, 6.07) is 24.3. The van der Waals surface area contributed by atoms with E-state index in [9.17, 15) is 14.7 Å². The van der Waals surface area contributed by atoms with Gasteiger partial charge in [0.2, 0.25) is 0 Å². The lowest BCUT2D eigenvalue weighted by Gasteiger charge is -2.25. The summed E-state index contributed by atoms with van der Waals surface area (Å²) in [7, 11) is 0. The molecule has 0 aliphatic heterocycles. The van der Waals surface area contributed by atoms with E-state index in [1.54, 1.807) is 18.2 Å². The minimum Gasteiger partial charge on any atom is -0.507 e. The zero-order chi connectivity index (χ0) is 20.5. The molecule has 0 unspecified atom stereocenters. The van der Waals surface area contributed by atoms with Crippen LogP contribution in [0.2, 0.25) is 0 Å². The van der Waals surface area contributed by atoms with Crippen LogP contribution < -0.4 is 0 Å². The number of ketones is 1.